The van der Waals surface area contributed by atoms with Crippen LogP contribution in [0, 0.1) is 11.7 Å². The van der Waals surface area contributed by atoms with Gasteiger partial charge in [-0.05, 0) is 69.2 Å². The minimum Gasteiger partial charge on any atom is -0.466 e. The average Bonchev–Trinajstić information content (AvgIpc) is 3.88. The smallest absolute Gasteiger partial charge is 0.308 e. The van der Waals surface area contributed by atoms with Crippen LogP contribution in [0.3, 0.4) is 0 Å². The Labute approximate surface area is 301 Å². The number of likely N-dealkylation sites (tertiary alicyclic amines) is 2. The van der Waals surface area contributed by atoms with Crippen LogP contribution in [0.1, 0.15) is 61.4 Å². The molecule has 3 aliphatic rings. The Morgan fingerprint density at radius 2 is 1.76 bits per heavy atom. The van der Waals surface area contributed by atoms with E-state index in [9.17, 15) is 14.4 Å². The third-order valence-corrected chi connectivity index (χ3v) is 11.5. The third-order valence-electron chi connectivity index (χ3n) is 10.2. The predicted molar refractivity (Wildman–Crippen MR) is 190 cm³/mol. The van der Waals surface area contributed by atoms with E-state index in [1.165, 1.54) is 23.5 Å². The molecule has 13 heteroatoms. The van der Waals surface area contributed by atoms with E-state index < -0.39 is 12.0 Å². The van der Waals surface area contributed by atoms with Crippen molar-refractivity contribution in [3.8, 4) is 0 Å². The molecule has 4 atom stereocenters. The highest BCUT2D eigenvalue weighted by molar-refractivity contribution is 7.17. The number of methoxy groups -OCH3 is 2. The van der Waals surface area contributed by atoms with Crippen molar-refractivity contribution >= 4 is 56.5 Å². The van der Waals surface area contributed by atoms with Gasteiger partial charge in [0, 0.05) is 49.3 Å². The van der Waals surface area contributed by atoms with Gasteiger partial charge in [0.2, 0.25) is 5.91 Å². The van der Waals surface area contributed by atoms with Gasteiger partial charge >= 0.3 is 5.97 Å². The summed E-state index contributed by atoms with van der Waals surface area (Å²) in [5, 5.41) is 5.46. The third kappa shape index (κ3) is 8.00. The van der Waals surface area contributed by atoms with E-state index in [4.69, 9.17) is 30.5 Å². The zero-order valence-corrected chi connectivity index (χ0v) is 30.3. The van der Waals surface area contributed by atoms with Crippen molar-refractivity contribution in [2.75, 3.05) is 45.8 Å². The van der Waals surface area contributed by atoms with Crippen LogP contribution in [0.2, 0.25) is 5.02 Å². The first-order valence-corrected chi connectivity index (χ1v) is 18.6. The summed E-state index contributed by atoms with van der Waals surface area (Å²) in [6.07, 6.45) is 3.31. The number of anilines is 1. The predicted octanol–water partition coefficient (Wildman–Crippen LogP) is 6.29. The maximum Gasteiger partial charge on any atom is 0.308 e. The van der Waals surface area contributed by atoms with Crippen molar-refractivity contribution in [1.82, 2.24) is 9.80 Å². The number of nitrogens with zero attached hydrogens (tertiary/aromatic N) is 2. The van der Waals surface area contributed by atoms with Gasteiger partial charge in [0.15, 0.2) is 0 Å². The molecule has 6 rings (SSSR count). The highest BCUT2D eigenvalue weighted by atomic mass is 35.5. The molecular weight excluding hydrogens is 685 g/mol. The Bertz CT molecular complexity index is 1670. The quantitative estimate of drug-likeness (QED) is 0.217. The molecule has 2 amide bonds. The second-order valence-electron chi connectivity index (χ2n) is 13.3. The summed E-state index contributed by atoms with van der Waals surface area (Å²) < 4.78 is 40.1. The molecule has 3 aromatic rings. The zero-order chi connectivity index (χ0) is 35.4. The molecule has 3 heterocycles. The van der Waals surface area contributed by atoms with Gasteiger partial charge in [0.1, 0.15) is 12.0 Å². The first-order chi connectivity index (χ1) is 24.2. The van der Waals surface area contributed by atoms with Gasteiger partial charge in [-0.3, -0.25) is 19.3 Å². The summed E-state index contributed by atoms with van der Waals surface area (Å²) in [6.45, 7) is 3.86. The van der Waals surface area contributed by atoms with Crippen LogP contribution in [-0.2, 0) is 35.0 Å². The molecule has 0 bridgehead atoms. The normalized spacial score (nSPS) is 24.8. The van der Waals surface area contributed by atoms with Crippen LogP contribution in [-0.4, -0.2) is 98.6 Å². The van der Waals surface area contributed by atoms with E-state index in [0.717, 1.165) is 22.9 Å². The van der Waals surface area contributed by atoms with E-state index in [1.807, 2.05) is 36.1 Å². The first kappa shape index (κ1) is 36.7. The highest BCUT2D eigenvalue weighted by Crippen LogP contribution is 2.35. The van der Waals surface area contributed by atoms with Gasteiger partial charge in [-0.1, -0.05) is 29.8 Å². The number of nitrogens with one attached hydrogen (secondary N) is 1. The highest BCUT2D eigenvalue weighted by Gasteiger charge is 2.45. The molecule has 2 saturated heterocycles. The van der Waals surface area contributed by atoms with Gasteiger partial charge in [-0.25, -0.2) is 4.39 Å². The molecule has 0 radical (unpaired) electrons. The fraction of sp³-hybridized carbons (Fsp3) is 0.541. The minimum atomic E-state index is -0.624. The second kappa shape index (κ2) is 16.5. The second-order valence-corrected chi connectivity index (χ2v) is 14.6. The van der Waals surface area contributed by atoms with Crippen LogP contribution in [0.15, 0.2) is 41.8 Å². The summed E-state index contributed by atoms with van der Waals surface area (Å²) in [4.78, 5) is 43.4. The lowest BCUT2D eigenvalue weighted by Crippen LogP contribution is -2.53. The molecular formula is C37H45ClFN3O7S. The van der Waals surface area contributed by atoms with Crippen molar-refractivity contribution in [1.29, 1.82) is 0 Å². The van der Waals surface area contributed by atoms with E-state index in [2.05, 4.69) is 10.2 Å². The molecule has 1 N–H and O–H groups in total. The molecule has 1 saturated carbocycles. The summed E-state index contributed by atoms with van der Waals surface area (Å²) in [5.74, 6) is -1.52. The van der Waals surface area contributed by atoms with Crippen molar-refractivity contribution in [2.45, 2.75) is 82.5 Å². The average molecular weight is 730 g/mol. The van der Waals surface area contributed by atoms with Gasteiger partial charge in [0.25, 0.3) is 5.91 Å². The van der Waals surface area contributed by atoms with E-state index >= 15 is 4.39 Å². The molecule has 2 aliphatic heterocycles. The van der Waals surface area contributed by atoms with Crippen molar-refractivity contribution in [2.24, 2.45) is 5.92 Å². The van der Waals surface area contributed by atoms with Crippen LogP contribution in [0.5, 0.6) is 0 Å². The molecule has 1 aliphatic carbocycles. The lowest BCUT2D eigenvalue weighted by Gasteiger charge is -2.40. The van der Waals surface area contributed by atoms with E-state index in [-0.39, 0.29) is 70.7 Å². The maximum absolute atomic E-state index is 15.6. The monoisotopic (exact) mass is 729 g/mol. The molecule has 10 nitrogen and oxygen atoms in total. The van der Waals surface area contributed by atoms with Crippen LogP contribution in [0.4, 0.5) is 10.1 Å². The van der Waals surface area contributed by atoms with Crippen LogP contribution in [0.25, 0.3) is 10.1 Å². The number of benzene rings is 2. The number of halogens is 2. The molecule has 0 spiro atoms. The van der Waals surface area contributed by atoms with Crippen molar-refractivity contribution in [3.63, 3.8) is 0 Å². The summed E-state index contributed by atoms with van der Waals surface area (Å²) in [5.41, 5.74) is 0.775. The number of hydrogen-bond donors (Lipinski definition) is 1. The molecule has 50 heavy (non-hydrogen) atoms. The molecule has 3 fully saturated rings. The molecule has 2 aromatic carbocycles. The lowest BCUT2D eigenvalue weighted by molar-refractivity contribution is -0.160. The van der Waals surface area contributed by atoms with Crippen molar-refractivity contribution in [3.05, 3.63) is 63.7 Å². The van der Waals surface area contributed by atoms with Gasteiger partial charge in [-0.2, -0.15) is 0 Å². The fourth-order valence-corrected chi connectivity index (χ4v) is 8.74. The zero-order valence-electron chi connectivity index (χ0n) is 28.7. The number of ether oxygens (including phenoxy) is 4. The summed E-state index contributed by atoms with van der Waals surface area (Å²) in [6, 6.07) is 9.90. The Kier molecular flexibility index (Phi) is 12.1. The van der Waals surface area contributed by atoms with Gasteiger partial charge < -0.3 is 29.2 Å². The van der Waals surface area contributed by atoms with Crippen LogP contribution >= 0.6 is 22.9 Å². The number of carbonyl (C=O) groups is 3. The number of rotatable bonds is 12. The number of thiophene rings is 1. The largest absolute Gasteiger partial charge is 0.466 e. The number of amides is 2. The summed E-state index contributed by atoms with van der Waals surface area (Å²) >= 11 is 8.02. The van der Waals surface area contributed by atoms with Crippen molar-refractivity contribution < 1.29 is 37.7 Å². The van der Waals surface area contributed by atoms with E-state index in [1.54, 1.807) is 19.6 Å². The fourth-order valence-electron chi connectivity index (χ4n) is 7.57. The Hall–Kier alpha value is -3.13. The molecule has 1 aromatic heterocycles. The summed E-state index contributed by atoms with van der Waals surface area (Å²) in [7, 11) is 3.33. The Balaban J connectivity index is 1.15. The number of carbonyl (C=O) groups excluding carboxylic acids is 3. The maximum atomic E-state index is 15.6. The van der Waals surface area contributed by atoms with Gasteiger partial charge in [0.05, 0.1) is 59.6 Å². The minimum absolute atomic E-state index is 0.0862. The number of hydrogen-bond acceptors (Lipinski definition) is 9. The Morgan fingerprint density at radius 1 is 1.04 bits per heavy atom. The number of esters is 1. The number of fused-ring (bicyclic) bond motifs is 1. The molecule has 1 unspecified atom stereocenters. The molecule has 270 valence electrons. The lowest BCUT2D eigenvalue weighted by atomic mass is 9.87. The standard InChI is InChI=1S/C37H45ClFN3O7S/c1-4-48-37(45)22-11-13-24(14-12-22)49-36(41-19-31(46-2)32(20-41)47-3)30-9-7-15-42(30)34(43)17-23-16-27(38)29(18-28(23)39)40-35(44)26-21-50-33-10-6-5-8-25(26)33/h5-6,8,10,16,18,21-22,24,30-32,36H,4,7,9,11-15,17,19-20H2,1-3H3,(H,40,44)/t22-,24-,30-,31-,32+,36?/m0/s1. The first-order valence-electron chi connectivity index (χ1n) is 17.4. The van der Waals surface area contributed by atoms with Crippen LogP contribution < -0.4 is 5.32 Å². The Morgan fingerprint density at radius 3 is 2.46 bits per heavy atom. The SMILES string of the molecule is CCOC(=O)[C@H]1CC[C@H](OC([C@@H]2CCCN2C(=O)Cc2cc(Cl)c(NC(=O)c3csc4ccccc34)cc2F)N2C[C@H](OC)[C@H](OC)C2)CC1. The topological polar surface area (TPSA) is 107 Å². The van der Waals surface area contributed by atoms with Gasteiger partial charge in [-0.15, -0.1) is 11.3 Å². The van der Waals surface area contributed by atoms with E-state index in [0.29, 0.717) is 57.5 Å².